The number of aromatic amines is 1. The van der Waals surface area contributed by atoms with Crippen molar-refractivity contribution in [3.05, 3.63) is 53.9 Å². The molecule has 11 heteroatoms. The number of H-pyrrole nitrogens is 1. The summed E-state index contributed by atoms with van der Waals surface area (Å²) in [6.45, 7) is 3.47. The summed E-state index contributed by atoms with van der Waals surface area (Å²) in [4.78, 5) is 40.5. The molecule has 7 heterocycles. The predicted molar refractivity (Wildman–Crippen MR) is 143 cm³/mol. The van der Waals surface area contributed by atoms with Crippen LogP contribution in [0.5, 0.6) is 0 Å². The number of fused-ring (bicyclic) bond motifs is 4. The molecule has 1 spiro atoms. The molecule has 1 saturated heterocycles. The number of nitrogens with zero attached hydrogens (tertiary/aromatic N) is 8. The van der Waals surface area contributed by atoms with E-state index in [0.29, 0.717) is 12.8 Å². The van der Waals surface area contributed by atoms with Crippen LogP contribution in [0.4, 0.5) is 11.5 Å². The number of aromatic nitrogens is 7. The van der Waals surface area contributed by atoms with Crippen molar-refractivity contribution in [1.82, 2.24) is 34.7 Å². The van der Waals surface area contributed by atoms with Crippen LogP contribution in [0.15, 0.2) is 43.4 Å². The zero-order valence-corrected chi connectivity index (χ0v) is 21.6. The highest BCUT2D eigenvalue weighted by Gasteiger charge is 2.53. The predicted octanol–water partition coefficient (Wildman–Crippen LogP) is 3.70. The molecule has 2 aliphatic heterocycles. The Hall–Kier alpha value is -4.12. The number of rotatable bonds is 3. The summed E-state index contributed by atoms with van der Waals surface area (Å²) < 4.78 is 1.79. The van der Waals surface area contributed by atoms with E-state index in [9.17, 15) is 4.79 Å². The monoisotopic (exact) mass is 511 g/mol. The van der Waals surface area contributed by atoms with Crippen LogP contribution < -0.4 is 9.80 Å². The van der Waals surface area contributed by atoms with Gasteiger partial charge in [0.1, 0.15) is 17.8 Å². The highest BCUT2D eigenvalue weighted by Crippen LogP contribution is 2.53. The zero-order valence-electron chi connectivity index (χ0n) is 20.8. The summed E-state index contributed by atoms with van der Waals surface area (Å²) in [5.74, 6) is 1.03. The third-order valence-electron chi connectivity index (χ3n) is 7.72. The normalized spacial score (nSPS) is 16.8. The summed E-state index contributed by atoms with van der Waals surface area (Å²) in [6, 6.07) is 1.92. The fraction of sp³-hybridized carbons (Fsp3) is 0.308. The SMILES string of the molecule is Cc1ncc(-c2c(-c3cnn(C)c3)[nH]c3ncc4c(c23)C2(CCN(c3ccncn3)CC2)C(=O)N4C)s1. The second-order valence-corrected chi connectivity index (χ2v) is 11.0. The first kappa shape index (κ1) is 22.1. The van der Waals surface area contributed by atoms with E-state index in [4.69, 9.17) is 4.98 Å². The maximum absolute atomic E-state index is 14.0. The van der Waals surface area contributed by atoms with Gasteiger partial charge < -0.3 is 14.8 Å². The second kappa shape index (κ2) is 7.94. The van der Waals surface area contributed by atoms with Gasteiger partial charge in [0.25, 0.3) is 0 Å². The summed E-state index contributed by atoms with van der Waals surface area (Å²) in [5.41, 5.74) is 5.06. The van der Waals surface area contributed by atoms with Crippen molar-refractivity contribution in [3.63, 3.8) is 0 Å². The molecule has 1 fully saturated rings. The van der Waals surface area contributed by atoms with E-state index < -0.39 is 5.41 Å². The van der Waals surface area contributed by atoms with Crippen LogP contribution in [0.1, 0.15) is 23.4 Å². The highest BCUT2D eigenvalue weighted by atomic mass is 32.1. The summed E-state index contributed by atoms with van der Waals surface area (Å²) in [5, 5.41) is 6.40. The van der Waals surface area contributed by atoms with E-state index in [1.165, 1.54) is 0 Å². The van der Waals surface area contributed by atoms with Crippen LogP contribution in [-0.4, -0.2) is 60.7 Å². The molecule has 37 heavy (non-hydrogen) atoms. The Morgan fingerprint density at radius 3 is 2.59 bits per heavy atom. The number of nitrogens with one attached hydrogen (secondary N) is 1. The maximum atomic E-state index is 14.0. The smallest absolute Gasteiger partial charge is 0.237 e. The van der Waals surface area contributed by atoms with E-state index in [2.05, 4.69) is 29.9 Å². The van der Waals surface area contributed by atoms with E-state index in [0.717, 1.165) is 67.9 Å². The second-order valence-electron chi connectivity index (χ2n) is 9.76. The van der Waals surface area contributed by atoms with Gasteiger partial charge in [0, 0.05) is 67.9 Å². The van der Waals surface area contributed by atoms with Crippen molar-refractivity contribution < 1.29 is 4.79 Å². The molecule has 0 bridgehead atoms. The van der Waals surface area contributed by atoms with Gasteiger partial charge in [-0.3, -0.25) is 9.48 Å². The molecular weight excluding hydrogens is 486 g/mol. The largest absolute Gasteiger partial charge is 0.356 e. The molecule has 7 rings (SSSR count). The van der Waals surface area contributed by atoms with Gasteiger partial charge in [-0.15, -0.1) is 11.3 Å². The number of aryl methyl sites for hydroxylation is 2. The van der Waals surface area contributed by atoms with E-state index in [1.807, 2.05) is 51.9 Å². The van der Waals surface area contributed by atoms with Gasteiger partial charge in [-0.1, -0.05) is 0 Å². The van der Waals surface area contributed by atoms with Gasteiger partial charge in [0.05, 0.1) is 39.1 Å². The fourth-order valence-electron chi connectivity index (χ4n) is 5.96. The zero-order chi connectivity index (χ0) is 25.3. The first-order chi connectivity index (χ1) is 18.0. The fourth-order valence-corrected chi connectivity index (χ4v) is 6.80. The number of piperidine rings is 1. The molecule has 186 valence electrons. The van der Waals surface area contributed by atoms with Gasteiger partial charge in [-0.05, 0) is 25.8 Å². The van der Waals surface area contributed by atoms with E-state index >= 15 is 0 Å². The van der Waals surface area contributed by atoms with Gasteiger partial charge in [-0.25, -0.2) is 19.9 Å². The molecule has 5 aromatic rings. The number of pyridine rings is 1. The van der Waals surface area contributed by atoms with Gasteiger partial charge in [0.2, 0.25) is 5.91 Å². The summed E-state index contributed by atoms with van der Waals surface area (Å²) in [7, 11) is 3.78. The van der Waals surface area contributed by atoms with Crippen LogP contribution in [-0.2, 0) is 17.3 Å². The van der Waals surface area contributed by atoms with Crippen LogP contribution >= 0.6 is 11.3 Å². The number of anilines is 2. The van der Waals surface area contributed by atoms with Gasteiger partial charge >= 0.3 is 0 Å². The van der Waals surface area contributed by atoms with E-state index in [1.54, 1.807) is 33.4 Å². The number of carbonyl (C=O) groups is 1. The molecule has 2 aliphatic rings. The molecule has 1 amide bonds. The minimum absolute atomic E-state index is 0.134. The number of hydrogen-bond acceptors (Lipinski definition) is 8. The third-order valence-corrected chi connectivity index (χ3v) is 8.66. The van der Waals surface area contributed by atoms with Crippen LogP contribution in [0.2, 0.25) is 0 Å². The molecular formula is C26H25N9OS. The Morgan fingerprint density at radius 2 is 1.92 bits per heavy atom. The quantitative estimate of drug-likeness (QED) is 0.393. The molecule has 0 atom stereocenters. The Balaban J connectivity index is 1.45. The first-order valence-electron chi connectivity index (χ1n) is 12.2. The third kappa shape index (κ3) is 3.16. The van der Waals surface area contributed by atoms with Crippen molar-refractivity contribution in [2.45, 2.75) is 25.2 Å². The minimum Gasteiger partial charge on any atom is -0.356 e. The van der Waals surface area contributed by atoms with Crippen molar-refractivity contribution in [2.75, 3.05) is 29.9 Å². The van der Waals surface area contributed by atoms with Crippen LogP contribution in [0.25, 0.3) is 32.7 Å². The molecule has 10 nitrogen and oxygen atoms in total. The first-order valence-corrected chi connectivity index (χ1v) is 13.0. The number of hydrogen-bond donors (Lipinski definition) is 1. The van der Waals surface area contributed by atoms with Crippen molar-refractivity contribution >= 4 is 39.8 Å². The Bertz CT molecular complexity index is 1660. The van der Waals surface area contributed by atoms with Crippen molar-refractivity contribution in [3.8, 4) is 21.7 Å². The molecule has 0 unspecified atom stereocenters. The standard InChI is InChI=1S/C26H25N9OS/c1-15-28-12-18(37-15)20-21-22-17(11-29-24(21)32-23(20)16-10-31-33(2)13-16)34(3)25(36)26(22)5-8-35(9-6-26)19-4-7-27-14-30-19/h4,7,10-14H,5-6,8-9H2,1-3H3,(H,29,32). The lowest BCUT2D eigenvalue weighted by Gasteiger charge is -2.39. The van der Waals surface area contributed by atoms with Gasteiger partial charge in [0.15, 0.2) is 0 Å². The molecule has 0 aliphatic carbocycles. The lowest BCUT2D eigenvalue weighted by atomic mass is 9.72. The van der Waals surface area contributed by atoms with Crippen LogP contribution in [0, 0.1) is 6.92 Å². The molecule has 0 saturated carbocycles. The Labute approximate surface area is 217 Å². The molecule has 5 aromatic heterocycles. The van der Waals surface area contributed by atoms with Gasteiger partial charge in [-0.2, -0.15) is 5.10 Å². The topological polar surface area (TPSA) is 109 Å². The Morgan fingerprint density at radius 1 is 1.08 bits per heavy atom. The minimum atomic E-state index is -0.627. The number of carbonyl (C=O) groups excluding carboxylic acids is 1. The molecule has 0 aromatic carbocycles. The van der Waals surface area contributed by atoms with Crippen LogP contribution in [0.3, 0.4) is 0 Å². The highest BCUT2D eigenvalue weighted by molar-refractivity contribution is 7.15. The average molecular weight is 512 g/mol. The van der Waals surface area contributed by atoms with E-state index in [-0.39, 0.29) is 5.91 Å². The van der Waals surface area contributed by atoms with Crippen molar-refractivity contribution in [2.24, 2.45) is 7.05 Å². The molecule has 0 radical (unpaired) electrons. The number of thiazole rings is 1. The maximum Gasteiger partial charge on any atom is 0.237 e. The molecule has 1 N–H and O–H groups in total. The van der Waals surface area contributed by atoms with Crippen molar-refractivity contribution in [1.29, 1.82) is 0 Å². The Kier molecular flexibility index (Phi) is 4.74. The number of amides is 1. The summed E-state index contributed by atoms with van der Waals surface area (Å²) >= 11 is 1.65. The number of likely N-dealkylation sites (N-methyl/N-ethyl adjacent to an activating group) is 1. The average Bonchev–Trinajstić information content (AvgIpc) is 3.68. The lowest BCUT2D eigenvalue weighted by Crippen LogP contribution is -2.48. The lowest BCUT2D eigenvalue weighted by molar-refractivity contribution is -0.123. The summed E-state index contributed by atoms with van der Waals surface area (Å²) in [6.07, 6.45) is 12.3.